The third-order valence-electron chi connectivity index (χ3n) is 4.20. The molecule has 3 amide bonds. The Morgan fingerprint density at radius 3 is 2.54 bits per heavy atom. The number of carbonyl (C=O) groups is 2. The van der Waals surface area contributed by atoms with Crippen LogP contribution in [0.4, 0.5) is 4.79 Å². The van der Waals surface area contributed by atoms with Crippen molar-refractivity contribution in [2.24, 2.45) is 0 Å². The number of halogens is 1. The molecule has 6 heteroatoms. The summed E-state index contributed by atoms with van der Waals surface area (Å²) in [5, 5.41) is 3.30. The number of hydrogen-bond acceptors (Lipinski definition) is 3. The minimum Gasteiger partial charge on any atom is -0.496 e. The number of urea groups is 1. The van der Waals surface area contributed by atoms with Crippen molar-refractivity contribution in [1.29, 1.82) is 0 Å². The normalized spacial score (nSPS) is 20.2. The van der Waals surface area contributed by atoms with E-state index in [0.717, 1.165) is 5.56 Å². The van der Waals surface area contributed by atoms with Crippen LogP contribution in [-0.4, -0.2) is 23.9 Å². The molecule has 3 rings (SSSR count). The van der Waals surface area contributed by atoms with E-state index in [9.17, 15) is 9.59 Å². The summed E-state index contributed by atoms with van der Waals surface area (Å²) in [5.41, 5.74) is 0.333. The van der Waals surface area contributed by atoms with Crippen molar-refractivity contribution in [3.8, 4) is 5.75 Å². The maximum absolute atomic E-state index is 12.9. The van der Waals surface area contributed by atoms with E-state index < -0.39 is 11.6 Å². The molecule has 0 aromatic heterocycles. The van der Waals surface area contributed by atoms with Crippen LogP contribution in [0, 0.1) is 0 Å². The molecule has 2 aromatic rings. The smallest absolute Gasteiger partial charge is 0.325 e. The summed E-state index contributed by atoms with van der Waals surface area (Å²) in [5.74, 6) is 0.272. The van der Waals surface area contributed by atoms with E-state index in [1.54, 1.807) is 25.1 Å². The van der Waals surface area contributed by atoms with Crippen LogP contribution >= 0.6 is 11.6 Å². The van der Waals surface area contributed by atoms with E-state index in [0.29, 0.717) is 16.3 Å². The zero-order valence-electron chi connectivity index (χ0n) is 13.4. The van der Waals surface area contributed by atoms with Gasteiger partial charge in [-0.1, -0.05) is 41.9 Å². The van der Waals surface area contributed by atoms with Crippen molar-refractivity contribution in [2.45, 2.75) is 19.0 Å². The number of nitrogens with one attached hydrogen (secondary N) is 1. The molecule has 1 fully saturated rings. The Morgan fingerprint density at radius 2 is 1.88 bits per heavy atom. The molecule has 124 valence electrons. The van der Waals surface area contributed by atoms with Gasteiger partial charge in [0, 0.05) is 10.6 Å². The summed E-state index contributed by atoms with van der Waals surface area (Å²) in [6.45, 7) is 1.80. The zero-order valence-corrected chi connectivity index (χ0v) is 14.1. The predicted molar refractivity (Wildman–Crippen MR) is 90.9 cm³/mol. The first-order chi connectivity index (χ1) is 11.5. The molecular formula is C18H17ClN2O3. The van der Waals surface area contributed by atoms with Crippen molar-refractivity contribution in [1.82, 2.24) is 10.2 Å². The molecule has 0 bridgehead atoms. The number of ether oxygens (including phenoxy) is 1. The Morgan fingerprint density at radius 1 is 1.17 bits per heavy atom. The van der Waals surface area contributed by atoms with Crippen LogP contribution in [0.1, 0.15) is 18.1 Å². The molecule has 2 aromatic carbocycles. The van der Waals surface area contributed by atoms with Gasteiger partial charge in [-0.3, -0.25) is 9.69 Å². The van der Waals surface area contributed by atoms with Crippen LogP contribution in [-0.2, 0) is 16.9 Å². The van der Waals surface area contributed by atoms with Gasteiger partial charge in [0.1, 0.15) is 11.3 Å². The van der Waals surface area contributed by atoms with Crippen LogP contribution in [0.5, 0.6) is 5.75 Å². The standard InChI is InChI=1S/C18H17ClN2O3/c1-18(13-6-4-3-5-7-13)16(22)21(17(23)20-18)11-12-10-14(19)8-9-15(12)24-2/h3-10H,11H2,1-2H3,(H,20,23)/t18-/m0/s1. The molecule has 1 saturated heterocycles. The Bertz CT molecular complexity index is 794. The second-order valence-corrected chi connectivity index (χ2v) is 6.21. The van der Waals surface area contributed by atoms with Gasteiger partial charge in [-0.25, -0.2) is 4.79 Å². The van der Waals surface area contributed by atoms with E-state index in [4.69, 9.17) is 16.3 Å². The lowest BCUT2D eigenvalue weighted by Gasteiger charge is -2.22. The third-order valence-corrected chi connectivity index (χ3v) is 4.43. The molecule has 1 aliphatic heterocycles. The van der Waals surface area contributed by atoms with Crippen LogP contribution in [0.2, 0.25) is 5.02 Å². The van der Waals surface area contributed by atoms with Gasteiger partial charge >= 0.3 is 6.03 Å². The molecule has 0 saturated carbocycles. The number of imide groups is 1. The lowest BCUT2D eigenvalue weighted by molar-refractivity contribution is -0.131. The highest BCUT2D eigenvalue weighted by molar-refractivity contribution is 6.30. The second kappa shape index (κ2) is 6.17. The van der Waals surface area contributed by atoms with Crippen molar-refractivity contribution in [2.75, 3.05) is 7.11 Å². The SMILES string of the molecule is COc1ccc(Cl)cc1CN1C(=O)N[C@@](C)(c2ccccc2)C1=O. The van der Waals surface area contributed by atoms with E-state index in [1.165, 1.54) is 12.0 Å². The number of rotatable bonds is 4. The Hall–Kier alpha value is -2.53. The second-order valence-electron chi connectivity index (χ2n) is 5.77. The minimum atomic E-state index is -1.08. The van der Waals surface area contributed by atoms with Gasteiger partial charge < -0.3 is 10.1 Å². The highest BCUT2D eigenvalue weighted by Crippen LogP contribution is 2.31. The van der Waals surface area contributed by atoms with E-state index in [1.807, 2.05) is 30.3 Å². The molecule has 0 radical (unpaired) electrons. The first kappa shape index (κ1) is 16.3. The summed E-state index contributed by atoms with van der Waals surface area (Å²) < 4.78 is 5.29. The molecule has 1 aliphatic rings. The average molecular weight is 345 g/mol. The summed E-state index contributed by atoms with van der Waals surface area (Å²) >= 11 is 6.02. The monoisotopic (exact) mass is 344 g/mol. The Balaban J connectivity index is 1.92. The maximum Gasteiger partial charge on any atom is 0.325 e. The van der Waals surface area contributed by atoms with Crippen molar-refractivity contribution >= 4 is 23.5 Å². The fourth-order valence-electron chi connectivity index (χ4n) is 2.85. The fourth-order valence-corrected chi connectivity index (χ4v) is 3.04. The van der Waals surface area contributed by atoms with E-state index in [2.05, 4.69) is 5.32 Å². The first-order valence-electron chi connectivity index (χ1n) is 7.48. The topological polar surface area (TPSA) is 58.6 Å². The Kier molecular flexibility index (Phi) is 4.20. The van der Waals surface area contributed by atoms with Crippen molar-refractivity contribution in [3.05, 3.63) is 64.7 Å². The Labute approximate surface area is 145 Å². The molecule has 1 heterocycles. The number of methoxy groups -OCH3 is 1. The number of hydrogen-bond donors (Lipinski definition) is 1. The lowest BCUT2D eigenvalue weighted by Crippen LogP contribution is -2.40. The summed E-state index contributed by atoms with van der Waals surface area (Å²) in [7, 11) is 1.53. The van der Waals surface area contributed by atoms with Crippen LogP contribution < -0.4 is 10.1 Å². The van der Waals surface area contributed by atoms with E-state index >= 15 is 0 Å². The molecule has 24 heavy (non-hydrogen) atoms. The van der Waals surface area contributed by atoms with Gasteiger partial charge in [-0.2, -0.15) is 0 Å². The highest BCUT2D eigenvalue weighted by atomic mass is 35.5. The molecule has 0 spiro atoms. The van der Waals surface area contributed by atoms with Gasteiger partial charge in [-0.05, 0) is 30.7 Å². The number of carbonyl (C=O) groups excluding carboxylic acids is 2. The number of benzene rings is 2. The van der Waals surface area contributed by atoms with Gasteiger partial charge in [-0.15, -0.1) is 0 Å². The van der Waals surface area contributed by atoms with Crippen LogP contribution in [0.3, 0.4) is 0 Å². The van der Waals surface area contributed by atoms with Gasteiger partial charge in [0.15, 0.2) is 0 Å². The first-order valence-corrected chi connectivity index (χ1v) is 7.85. The quantitative estimate of drug-likeness (QED) is 0.866. The highest BCUT2D eigenvalue weighted by Gasteiger charge is 2.48. The third kappa shape index (κ3) is 2.71. The maximum atomic E-state index is 12.9. The molecule has 0 aliphatic carbocycles. The predicted octanol–water partition coefficient (Wildman–Crippen LogP) is 3.32. The van der Waals surface area contributed by atoms with E-state index in [-0.39, 0.29) is 12.5 Å². The zero-order chi connectivity index (χ0) is 17.3. The van der Waals surface area contributed by atoms with Gasteiger partial charge in [0.25, 0.3) is 5.91 Å². The number of amides is 3. The number of nitrogens with zero attached hydrogens (tertiary/aromatic N) is 1. The fraction of sp³-hybridized carbons (Fsp3) is 0.222. The average Bonchev–Trinajstić information content (AvgIpc) is 2.80. The molecule has 1 atom stereocenters. The largest absolute Gasteiger partial charge is 0.496 e. The van der Waals surface area contributed by atoms with Crippen LogP contribution in [0.25, 0.3) is 0 Å². The summed E-state index contributed by atoms with van der Waals surface area (Å²) in [4.78, 5) is 26.5. The molecule has 0 unspecified atom stereocenters. The molecular weight excluding hydrogens is 328 g/mol. The lowest BCUT2D eigenvalue weighted by atomic mass is 9.92. The molecule has 5 nitrogen and oxygen atoms in total. The van der Waals surface area contributed by atoms with Crippen molar-refractivity contribution in [3.63, 3.8) is 0 Å². The van der Waals surface area contributed by atoms with Crippen LogP contribution in [0.15, 0.2) is 48.5 Å². The van der Waals surface area contributed by atoms with Gasteiger partial charge in [0.2, 0.25) is 0 Å². The minimum absolute atomic E-state index is 0.0941. The van der Waals surface area contributed by atoms with Gasteiger partial charge in [0.05, 0.1) is 13.7 Å². The molecule has 1 N–H and O–H groups in total. The summed E-state index contributed by atoms with van der Waals surface area (Å²) in [6, 6.07) is 13.8. The summed E-state index contributed by atoms with van der Waals surface area (Å²) in [6.07, 6.45) is 0. The van der Waals surface area contributed by atoms with Crippen molar-refractivity contribution < 1.29 is 14.3 Å².